The van der Waals surface area contributed by atoms with E-state index in [0.29, 0.717) is 0 Å². The third kappa shape index (κ3) is 5.72. The second kappa shape index (κ2) is 6.96. The first-order chi connectivity index (χ1) is 9.72. The molecule has 8 heteroatoms. The van der Waals surface area contributed by atoms with E-state index in [1.807, 2.05) is 0 Å². The Morgan fingerprint density at radius 1 is 1.24 bits per heavy atom. The van der Waals surface area contributed by atoms with Gasteiger partial charge in [-0.25, -0.2) is 4.79 Å². The Hall–Kier alpha value is -2.25. The van der Waals surface area contributed by atoms with E-state index in [1.54, 1.807) is 6.92 Å². The summed E-state index contributed by atoms with van der Waals surface area (Å²) in [5, 5.41) is 4.84. The largest absolute Gasteiger partial charge is 0.469 e. The number of halogens is 3. The van der Waals surface area contributed by atoms with Gasteiger partial charge in [0.15, 0.2) is 0 Å². The number of nitrogens with one attached hydrogen (secondary N) is 2. The van der Waals surface area contributed by atoms with Crippen molar-refractivity contribution >= 4 is 17.7 Å². The predicted octanol–water partition coefficient (Wildman–Crippen LogP) is 2.78. The Balaban J connectivity index is 2.53. The van der Waals surface area contributed by atoms with Gasteiger partial charge in [0.1, 0.15) is 0 Å². The van der Waals surface area contributed by atoms with Crippen molar-refractivity contribution < 1.29 is 27.5 Å². The second-order valence-corrected chi connectivity index (χ2v) is 4.35. The van der Waals surface area contributed by atoms with Gasteiger partial charge in [-0.15, -0.1) is 0 Å². The van der Waals surface area contributed by atoms with Crippen LogP contribution in [0, 0.1) is 0 Å². The minimum atomic E-state index is -4.42. The molecule has 0 aliphatic rings. The Morgan fingerprint density at radius 2 is 1.81 bits per heavy atom. The summed E-state index contributed by atoms with van der Waals surface area (Å²) in [4.78, 5) is 22.6. The molecule has 0 spiro atoms. The molecule has 1 atom stereocenters. The van der Waals surface area contributed by atoms with E-state index in [0.717, 1.165) is 24.3 Å². The highest BCUT2D eigenvalue weighted by molar-refractivity contribution is 5.89. The van der Waals surface area contributed by atoms with Crippen LogP contribution in [0.3, 0.4) is 0 Å². The normalized spacial score (nSPS) is 12.4. The van der Waals surface area contributed by atoms with Crippen LogP contribution in [0.4, 0.5) is 23.7 Å². The van der Waals surface area contributed by atoms with Gasteiger partial charge in [-0.3, -0.25) is 4.79 Å². The zero-order valence-electron chi connectivity index (χ0n) is 11.5. The van der Waals surface area contributed by atoms with E-state index >= 15 is 0 Å². The molecule has 0 saturated heterocycles. The SMILES string of the molecule is COC(=O)C[C@@H](C)NC(=O)Nc1ccc(C(F)(F)F)cc1. The molecule has 0 unspecified atom stereocenters. The molecule has 116 valence electrons. The van der Waals surface area contributed by atoms with Gasteiger partial charge in [-0.2, -0.15) is 13.2 Å². The van der Waals surface area contributed by atoms with Crippen molar-refractivity contribution in [1.29, 1.82) is 0 Å². The number of methoxy groups -OCH3 is 1. The molecule has 1 aromatic carbocycles. The number of ether oxygens (including phenoxy) is 1. The summed E-state index contributed by atoms with van der Waals surface area (Å²) in [6, 6.07) is 2.94. The molecule has 1 aromatic rings. The van der Waals surface area contributed by atoms with Crippen LogP contribution in [0.1, 0.15) is 18.9 Å². The first-order valence-electron chi connectivity index (χ1n) is 6.04. The van der Waals surface area contributed by atoms with Gasteiger partial charge in [0.05, 0.1) is 19.1 Å². The van der Waals surface area contributed by atoms with Gasteiger partial charge in [-0.05, 0) is 31.2 Å². The van der Waals surface area contributed by atoms with Crippen LogP contribution in [0.15, 0.2) is 24.3 Å². The van der Waals surface area contributed by atoms with Crippen LogP contribution in [0.25, 0.3) is 0 Å². The van der Waals surface area contributed by atoms with Gasteiger partial charge in [0, 0.05) is 11.7 Å². The second-order valence-electron chi connectivity index (χ2n) is 4.35. The van der Waals surface area contributed by atoms with Crippen molar-refractivity contribution in [2.45, 2.75) is 25.6 Å². The summed E-state index contributed by atoms with van der Waals surface area (Å²) >= 11 is 0. The fraction of sp³-hybridized carbons (Fsp3) is 0.385. The van der Waals surface area contributed by atoms with Crippen LogP contribution in [-0.2, 0) is 15.7 Å². The third-order valence-corrected chi connectivity index (χ3v) is 2.55. The number of amides is 2. The average molecular weight is 304 g/mol. The summed E-state index contributed by atoms with van der Waals surface area (Å²) in [7, 11) is 1.23. The first kappa shape index (κ1) is 16.8. The van der Waals surface area contributed by atoms with Crippen LogP contribution < -0.4 is 10.6 Å². The number of carbonyl (C=O) groups is 2. The molecule has 0 heterocycles. The average Bonchev–Trinajstić information content (AvgIpc) is 2.37. The van der Waals surface area contributed by atoms with E-state index in [9.17, 15) is 22.8 Å². The quantitative estimate of drug-likeness (QED) is 0.841. The zero-order chi connectivity index (χ0) is 16.0. The minimum Gasteiger partial charge on any atom is -0.469 e. The molecule has 0 aliphatic heterocycles. The van der Waals surface area contributed by atoms with Crippen molar-refractivity contribution in [3.8, 4) is 0 Å². The minimum absolute atomic E-state index is 0.00304. The van der Waals surface area contributed by atoms with Crippen molar-refractivity contribution in [3.63, 3.8) is 0 Å². The van der Waals surface area contributed by atoms with Crippen LogP contribution in [0.2, 0.25) is 0 Å². The number of anilines is 1. The molecular weight excluding hydrogens is 289 g/mol. The van der Waals surface area contributed by atoms with Gasteiger partial charge < -0.3 is 15.4 Å². The lowest BCUT2D eigenvalue weighted by atomic mass is 10.2. The monoisotopic (exact) mass is 304 g/mol. The molecule has 0 aromatic heterocycles. The molecule has 0 fully saturated rings. The standard InChI is InChI=1S/C13H15F3N2O3/c1-8(7-11(19)21-2)17-12(20)18-10-5-3-9(4-6-10)13(14,15)16/h3-6,8H,7H2,1-2H3,(H2,17,18,20)/t8-/m1/s1. The fourth-order valence-corrected chi connectivity index (χ4v) is 1.52. The summed E-state index contributed by atoms with van der Waals surface area (Å²) in [6.07, 6.45) is -4.42. The predicted molar refractivity (Wildman–Crippen MR) is 69.7 cm³/mol. The smallest absolute Gasteiger partial charge is 0.416 e. The molecule has 0 saturated carbocycles. The number of urea groups is 1. The lowest BCUT2D eigenvalue weighted by Crippen LogP contribution is -2.37. The number of rotatable bonds is 4. The summed E-state index contributed by atoms with van der Waals surface area (Å²) in [5.41, 5.74) is -0.585. The van der Waals surface area contributed by atoms with Crippen molar-refractivity contribution in [2.24, 2.45) is 0 Å². The molecule has 0 aliphatic carbocycles. The topological polar surface area (TPSA) is 67.4 Å². The Bertz CT molecular complexity index is 500. The van der Waals surface area contributed by atoms with E-state index < -0.39 is 29.8 Å². The zero-order valence-corrected chi connectivity index (χ0v) is 11.5. The summed E-state index contributed by atoms with van der Waals surface area (Å²) in [6.45, 7) is 1.60. The number of esters is 1. The lowest BCUT2D eigenvalue weighted by Gasteiger charge is -2.14. The molecule has 0 bridgehead atoms. The highest BCUT2D eigenvalue weighted by atomic mass is 19.4. The van der Waals surface area contributed by atoms with Gasteiger partial charge in [-0.1, -0.05) is 0 Å². The van der Waals surface area contributed by atoms with Gasteiger partial charge in [0.25, 0.3) is 0 Å². The molecule has 2 N–H and O–H groups in total. The lowest BCUT2D eigenvalue weighted by molar-refractivity contribution is -0.141. The van der Waals surface area contributed by atoms with E-state index in [2.05, 4.69) is 15.4 Å². The fourth-order valence-electron chi connectivity index (χ4n) is 1.52. The number of benzene rings is 1. The Morgan fingerprint density at radius 3 is 2.29 bits per heavy atom. The highest BCUT2D eigenvalue weighted by Gasteiger charge is 2.29. The van der Waals surface area contributed by atoms with Crippen LogP contribution >= 0.6 is 0 Å². The van der Waals surface area contributed by atoms with Crippen molar-refractivity contribution in [1.82, 2.24) is 5.32 Å². The van der Waals surface area contributed by atoms with Crippen molar-refractivity contribution in [3.05, 3.63) is 29.8 Å². The molecule has 21 heavy (non-hydrogen) atoms. The van der Waals surface area contributed by atoms with E-state index in [1.165, 1.54) is 7.11 Å². The van der Waals surface area contributed by atoms with Crippen LogP contribution in [-0.4, -0.2) is 25.2 Å². The van der Waals surface area contributed by atoms with E-state index in [4.69, 9.17) is 0 Å². The number of hydrogen-bond acceptors (Lipinski definition) is 3. The van der Waals surface area contributed by atoms with Crippen LogP contribution in [0.5, 0.6) is 0 Å². The van der Waals surface area contributed by atoms with Gasteiger partial charge in [0.2, 0.25) is 0 Å². The highest BCUT2D eigenvalue weighted by Crippen LogP contribution is 2.29. The van der Waals surface area contributed by atoms with Crippen molar-refractivity contribution in [2.75, 3.05) is 12.4 Å². The number of alkyl halides is 3. The number of carbonyl (C=O) groups excluding carboxylic acids is 2. The molecule has 2 amide bonds. The molecule has 5 nitrogen and oxygen atoms in total. The molecule has 1 rings (SSSR count). The maximum Gasteiger partial charge on any atom is 0.416 e. The molecule has 0 radical (unpaired) electrons. The first-order valence-corrected chi connectivity index (χ1v) is 6.04. The Labute approximate surface area is 119 Å². The number of hydrogen-bond donors (Lipinski definition) is 2. The van der Waals surface area contributed by atoms with E-state index in [-0.39, 0.29) is 12.1 Å². The summed E-state index contributed by atoms with van der Waals surface area (Å²) in [5.74, 6) is -0.475. The van der Waals surface area contributed by atoms with Gasteiger partial charge >= 0.3 is 18.2 Å². The summed E-state index contributed by atoms with van der Waals surface area (Å²) < 4.78 is 41.5. The molecular formula is C13H15F3N2O3. The third-order valence-electron chi connectivity index (χ3n) is 2.55. The maximum absolute atomic E-state index is 12.4. The Kier molecular flexibility index (Phi) is 5.57. The maximum atomic E-state index is 12.4.